The molecule has 2 aromatic heterocycles. The van der Waals surface area contributed by atoms with Crippen molar-refractivity contribution >= 4 is 17.4 Å². The van der Waals surface area contributed by atoms with Gasteiger partial charge in [-0.2, -0.15) is 5.10 Å². The van der Waals surface area contributed by atoms with Gasteiger partial charge in [-0.1, -0.05) is 0 Å². The molecule has 2 heterocycles. The smallest absolute Gasteiger partial charge is 0.287 e. The van der Waals surface area contributed by atoms with E-state index < -0.39 is 4.92 Å². The second-order valence-corrected chi connectivity index (χ2v) is 4.86. The van der Waals surface area contributed by atoms with E-state index in [1.165, 1.54) is 12.3 Å². The van der Waals surface area contributed by atoms with Crippen LogP contribution in [0.1, 0.15) is 34.9 Å². The number of aromatic nitrogens is 3. The number of nitrogens with zero attached hydrogens (tertiary/aromatic N) is 3. The molecule has 0 aliphatic heterocycles. The van der Waals surface area contributed by atoms with Crippen LogP contribution in [-0.4, -0.2) is 25.6 Å². The van der Waals surface area contributed by atoms with Crippen LogP contribution in [0.4, 0.5) is 11.5 Å². The maximum atomic E-state index is 12.3. The van der Waals surface area contributed by atoms with Crippen LogP contribution in [0.15, 0.2) is 18.5 Å². The van der Waals surface area contributed by atoms with Crippen LogP contribution in [0.3, 0.4) is 0 Å². The van der Waals surface area contributed by atoms with Gasteiger partial charge in [-0.15, -0.1) is 0 Å². The largest absolute Gasteiger partial charge is 0.334 e. The van der Waals surface area contributed by atoms with Gasteiger partial charge in [-0.25, -0.2) is 0 Å². The number of H-pyrrole nitrogens is 1. The van der Waals surface area contributed by atoms with E-state index in [0.29, 0.717) is 11.5 Å². The normalized spacial score (nSPS) is 14.2. The van der Waals surface area contributed by atoms with Crippen LogP contribution < -0.4 is 5.32 Å². The van der Waals surface area contributed by atoms with Crippen LogP contribution in [0, 0.1) is 17.0 Å². The topological polar surface area (TPSA) is 106 Å². The molecular formula is C12H13N5O3. The predicted molar refractivity (Wildman–Crippen MR) is 70.6 cm³/mol. The molecule has 0 radical (unpaired) electrons. The summed E-state index contributed by atoms with van der Waals surface area (Å²) in [5.74, 6) is 0.124. The third-order valence-electron chi connectivity index (χ3n) is 3.29. The highest BCUT2D eigenvalue weighted by molar-refractivity contribution is 6.03. The monoisotopic (exact) mass is 275 g/mol. The Bertz CT molecular complexity index is 683. The maximum Gasteiger partial charge on any atom is 0.287 e. The van der Waals surface area contributed by atoms with Gasteiger partial charge in [-0.3, -0.25) is 20.0 Å². The van der Waals surface area contributed by atoms with E-state index >= 15 is 0 Å². The van der Waals surface area contributed by atoms with E-state index in [0.717, 1.165) is 18.4 Å². The van der Waals surface area contributed by atoms with Crippen molar-refractivity contribution in [3.63, 3.8) is 0 Å². The quantitative estimate of drug-likeness (QED) is 0.657. The number of hydrogen-bond donors (Lipinski definition) is 2. The van der Waals surface area contributed by atoms with Gasteiger partial charge >= 0.3 is 0 Å². The molecule has 0 saturated heterocycles. The van der Waals surface area contributed by atoms with Crippen molar-refractivity contribution in [3.05, 3.63) is 39.8 Å². The Morgan fingerprint density at radius 3 is 2.90 bits per heavy atom. The van der Waals surface area contributed by atoms with E-state index in [1.54, 1.807) is 10.8 Å². The molecule has 8 heteroatoms. The Hall–Kier alpha value is -2.64. The zero-order valence-electron chi connectivity index (χ0n) is 10.8. The molecular weight excluding hydrogens is 262 g/mol. The third-order valence-corrected chi connectivity index (χ3v) is 3.29. The molecule has 20 heavy (non-hydrogen) atoms. The van der Waals surface area contributed by atoms with Crippen LogP contribution in [0.2, 0.25) is 0 Å². The molecule has 0 aromatic carbocycles. The lowest BCUT2D eigenvalue weighted by molar-refractivity contribution is -0.384. The van der Waals surface area contributed by atoms with Crippen molar-refractivity contribution in [2.75, 3.05) is 5.32 Å². The first-order valence-electron chi connectivity index (χ1n) is 6.24. The number of anilines is 1. The van der Waals surface area contributed by atoms with Gasteiger partial charge in [-0.05, 0) is 19.8 Å². The van der Waals surface area contributed by atoms with Crippen molar-refractivity contribution in [1.82, 2.24) is 14.8 Å². The van der Waals surface area contributed by atoms with Crippen LogP contribution in [0.5, 0.6) is 0 Å². The summed E-state index contributed by atoms with van der Waals surface area (Å²) >= 11 is 0. The van der Waals surface area contributed by atoms with Gasteiger partial charge < -0.3 is 9.88 Å². The molecule has 0 unspecified atom stereocenters. The second-order valence-electron chi connectivity index (χ2n) is 4.86. The maximum absolute atomic E-state index is 12.3. The Labute approximate surface area is 113 Å². The zero-order valence-corrected chi connectivity index (χ0v) is 10.8. The molecule has 1 aliphatic carbocycles. The first-order valence-corrected chi connectivity index (χ1v) is 6.24. The predicted octanol–water partition coefficient (Wildman–Crippen LogP) is 2.02. The second kappa shape index (κ2) is 4.48. The SMILES string of the molecule is Cc1cn[nH]c1NC(=O)c1cc([N+](=O)[O-])cn1C1CC1. The van der Waals surface area contributed by atoms with Crippen LogP contribution in [-0.2, 0) is 0 Å². The van der Waals surface area contributed by atoms with Gasteiger partial charge in [0.15, 0.2) is 0 Å². The fourth-order valence-electron chi connectivity index (χ4n) is 2.05. The average Bonchev–Trinajstić information content (AvgIpc) is 3.02. The number of carbonyl (C=O) groups is 1. The summed E-state index contributed by atoms with van der Waals surface area (Å²) in [6, 6.07) is 1.49. The number of aromatic amines is 1. The molecule has 1 fully saturated rings. The summed E-state index contributed by atoms with van der Waals surface area (Å²) in [7, 11) is 0. The minimum absolute atomic E-state index is 0.0663. The Morgan fingerprint density at radius 1 is 1.60 bits per heavy atom. The highest BCUT2D eigenvalue weighted by atomic mass is 16.6. The van der Waals surface area contributed by atoms with E-state index in [1.807, 2.05) is 6.92 Å². The van der Waals surface area contributed by atoms with Crippen molar-refractivity contribution in [3.8, 4) is 0 Å². The number of nitro groups is 1. The molecule has 104 valence electrons. The molecule has 1 amide bonds. The summed E-state index contributed by atoms with van der Waals surface area (Å²) in [5, 5.41) is 20.0. The first-order chi connectivity index (χ1) is 9.56. The summed E-state index contributed by atoms with van der Waals surface area (Å²) in [6.07, 6.45) is 4.90. The first kappa shape index (κ1) is 12.4. The lowest BCUT2D eigenvalue weighted by Crippen LogP contribution is -2.17. The Morgan fingerprint density at radius 2 is 2.35 bits per heavy atom. The molecule has 0 spiro atoms. The average molecular weight is 275 g/mol. The minimum Gasteiger partial charge on any atom is -0.334 e. The fraction of sp³-hybridized carbons (Fsp3) is 0.333. The van der Waals surface area contributed by atoms with Crippen LogP contribution >= 0.6 is 0 Å². The lowest BCUT2D eigenvalue weighted by Gasteiger charge is -2.07. The number of carbonyl (C=O) groups excluding carboxylic acids is 1. The number of nitrogens with one attached hydrogen (secondary N) is 2. The van der Waals surface area contributed by atoms with Crippen molar-refractivity contribution in [1.29, 1.82) is 0 Å². The van der Waals surface area contributed by atoms with E-state index in [2.05, 4.69) is 15.5 Å². The number of amides is 1. The van der Waals surface area contributed by atoms with Crippen molar-refractivity contribution < 1.29 is 9.72 Å². The van der Waals surface area contributed by atoms with Gasteiger partial charge in [0, 0.05) is 17.7 Å². The minimum atomic E-state index is -0.489. The number of hydrogen-bond acceptors (Lipinski definition) is 4. The summed E-state index contributed by atoms with van der Waals surface area (Å²) in [5.41, 5.74) is 1.04. The molecule has 2 N–H and O–H groups in total. The van der Waals surface area contributed by atoms with Crippen LogP contribution in [0.25, 0.3) is 0 Å². The summed E-state index contributed by atoms with van der Waals surface area (Å²) < 4.78 is 1.68. The third kappa shape index (κ3) is 2.15. The zero-order chi connectivity index (χ0) is 14.3. The lowest BCUT2D eigenvalue weighted by atomic mass is 10.3. The molecule has 1 saturated carbocycles. The molecule has 8 nitrogen and oxygen atoms in total. The highest BCUT2D eigenvalue weighted by Gasteiger charge is 2.30. The van der Waals surface area contributed by atoms with Gasteiger partial charge in [0.25, 0.3) is 11.6 Å². The molecule has 0 bridgehead atoms. The van der Waals surface area contributed by atoms with Gasteiger partial charge in [0.2, 0.25) is 0 Å². The summed E-state index contributed by atoms with van der Waals surface area (Å²) in [4.78, 5) is 22.6. The van der Waals surface area contributed by atoms with Gasteiger partial charge in [0.1, 0.15) is 11.5 Å². The highest BCUT2D eigenvalue weighted by Crippen LogP contribution is 2.38. The Balaban J connectivity index is 1.90. The van der Waals surface area contributed by atoms with E-state index in [9.17, 15) is 14.9 Å². The van der Waals surface area contributed by atoms with Crippen molar-refractivity contribution in [2.45, 2.75) is 25.8 Å². The van der Waals surface area contributed by atoms with E-state index in [4.69, 9.17) is 0 Å². The van der Waals surface area contributed by atoms with Gasteiger partial charge in [0.05, 0.1) is 17.3 Å². The standard InChI is InChI=1S/C12H13N5O3/c1-7-5-13-15-11(7)14-12(18)10-4-9(17(19)20)6-16(10)8-2-3-8/h4-6,8H,2-3H2,1H3,(H2,13,14,15,18). The Kier molecular flexibility index (Phi) is 2.78. The van der Waals surface area contributed by atoms with Crippen molar-refractivity contribution in [2.24, 2.45) is 0 Å². The molecule has 2 aromatic rings. The number of rotatable bonds is 4. The van der Waals surface area contributed by atoms with E-state index in [-0.39, 0.29) is 17.6 Å². The molecule has 3 rings (SSSR count). The molecule has 1 aliphatic rings. The summed E-state index contributed by atoms with van der Waals surface area (Å²) in [6.45, 7) is 1.81. The molecule has 0 atom stereocenters. The number of aryl methyl sites for hydroxylation is 1. The fourth-order valence-corrected chi connectivity index (χ4v) is 2.05.